The van der Waals surface area contributed by atoms with E-state index < -0.39 is 0 Å². The zero-order valence-electron chi connectivity index (χ0n) is 12.3. The van der Waals surface area contributed by atoms with Crippen LogP contribution in [0.4, 0.5) is 0 Å². The van der Waals surface area contributed by atoms with Gasteiger partial charge >= 0.3 is 0 Å². The number of phenols is 4. The molecule has 0 radical (unpaired) electrons. The molecule has 2 unspecified atom stereocenters. The van der Waals surface area contributed by atoms with Crippen LogP contribution < -0.4 is 0 Å². The number of hydrogen-bond acceptors (Lipinski definition) is 5. The van der Waals surface area contributed by atoms with E-state index in [-0.39, 0.29) is 34.8 Å². The van der Waals surface area contributed by atoms with Crippen LogP contribution in [0.3, 0.4) is 0 Å². The van der Waals surface area contributed by atoms with Gasteiger partial charge in [-0.2, -0.15) is 0 Å². The molecule has 3 rings (SSSR count). The van der Waals surface area contributed by atoms with Gasteiger partial charge in [-0.3, -0.25) is 0 Å². The molecule has 5 heteroatoms. The molecule has 1 heterocycles. The lowest BCUT2D eigenvalue weighted by Crippen LogP contribution is -2.13. The number of aromatic hydroxyl groups is 4. The maximum atomic E-state index is 10.1. The zero-order valence-corrected chi connectivity index (χ0v) is 12.3. The standard InChI is InChI=1S/C17H19NO4/c1-18-8-11(10-5-6-13(19)16(22)7-10)12(9-18)17-14(20)3-2-4-15(17)21/h2-7,11-12,19-22H,8-9H2,1H3. The predicted molar refractivity (Wildman–Crippen MR) is 82.5 cm³/mol. The van der Waals surface area contributed by atoms with E-state index in [9.17, 15) is 20.4 Å². The second-order valence-electron chi connectivity index (χ2n) is 5.89. The normalized spacial score (nSPS) is 22.0. The van der Waals surface area contributed by atoms with Crippen molar-refractivity contribution in [1.82, 2.24) is 4.90 Å². The number of nitrogens with zero attached hydrogens (tertiary/aromatic N) is 1. The first-order valence-electron chi connectivity index (χ1n) is 7.18. The van der Waals surface area contributed by atoms with Gasteiger partial charge in [-0.25, -0.2) is 0 Å². The molecule has 2 aromatic carbocycles. The van der Waals surface area contributed by atoms with Gasteiger partial charge in [-0.15, -0.1) is 0 Å². The summed E-state index contributed by atoms with van der Waals surface area (Å²) in [5, 5.41) is 39.5. The van der Waals surface area contributed by atoms with E-state index >= 15 is 0 Å². The van der Waals surface area contributed by atoms with Gasteiger partial charge in [0.2, 0.25) is 0 Å². The van der Waals surface area contributed by atoms with E-state index in [1.165, 1.54) is 6.07 Å². The van der Waals surface area contributed by atoms with E-state index in [2.05, 4.69) is 4.90 Å². The lowest BCUT2D eigenvalue weighted by molar-refractivity contribution is 0.398. The quantitative estimate of drug-likeness (QED) is 0.640. The van der Waals surface area contributed by atoms with Crippen molar-refractivity contribution >= 4 is 0 Å². The molecule has 2 aromatic rings. The fourth-order valence-electron chi connectivity index (χ4n) is 3.32. The highest BCUT2D eigenvalue weighted by atomic mass is 16.3. The number of phenolic OH excluding ortho intramolecular Hbond substituents is 4. The van der Waals surface area contributed by atoms with E-state index in [1.54, 1.807) is 30.3 Å². The van der Waals surface area contributed by atoms with Crippen LogP contribution in [0.2, 0.25) is 0 Å². The summed E-state index contributed by atoms with van der Waals surface area (Å²) >= 11 is 0. The van der Waals surface area contributed by atoms with Crippen molar-refractivity contribution in [2.75, 3.05) is 20.1 Å². The number of hydrogen-bond donors (Lipinski definition) is 4. The topological polar surface area (TPSA) is 84.2 Å². The minimum Gasteiger partial charge on any atom is -0.508 e. The van der Waals surface area contributed by atoms with Crippen molar-refractivity contribution in [3.63, 3.8) is 0 Å². The van der Waals surface area contributed by atoms with Crippen molar-refractivity contribution in [2.45, 2.75) is 11.8 Å². The molecule has 0 bridgehead atoms. The Morgan fingerprint density at radius 2 is 1.45 bits per heavy atom. The Balaban J connectivity index is 2.04. The molecule has 1 fully saturated rings. The summed E-state index contributed by atoms with van der Waals surface area (Å²) < 4.78 is 0. The molecule has 1 aliphatic heterocycles. The van der Waals surface area contributed by atoms with Gasteiger partial charge in [0.15, 0.2) is 11.5 Å². The van der Waals surface area contributed by atoms with Crippen LogP contribution in [0.15, 0.2) is 36.4 Å². The summed E-state index contributed by atoms with van der Waals surface area (Å²) in [6.07, 6.45) is 0. The summed E-state index contributed by atoms with van der Waals surface area (Å²) in [6, 6.07) is 9.52. The van der Waals surface area contributed by atoms with E-state index in [4.69, 9.17) is 0 Å². The Kier molecular flexibility index (Phi) is 3.58. The number of benzene rings is 2. The molecule has 2 atom stereocenters. The van der Waals surface area contributed by atoms with Gasteiger partial charge < -0.3 is 25.3 Å². The number of likely N-dealkylation sites (tertiary alicyclic amines) is 1. The first-order chi connectivity index (χ1) is 10.5. The van der Waals surface area contributed by atoms with Gasteiger partial charge in [0.05, 0.1) is 0 Å². The van der Waals surface area contributed by atoms with E-state index in [0.29, 0.717) is 12.1 Å². The van der Waals surface area contributed by atoms with Crippen LogP contribution >= 0.6 is 0 Å². The average molecular weight is 301 g/mol. The molecule has 22 heavy (non-hydrogen) atoms. The van der Waals surface area contributed by atoms with Gasteiger partial charge in [0.25, 0.3) is 0 Å². The van der Waals surface area contributed by atoms with Crippen molar-refractivity contribution in [2.24, 2.45) is 0 Å². The van der Waals surface area contributed by atoms with Crippen LogP contribution in [0.25, 0.3) is 0 Å². The van der Waals surface area contributed by atoms with E-state index in [0.717, 1.165) is 12.1 Å². The Bertz CT molecular complexity index is 681. The molecule has 1 saturated heterocycles. The molecule has 4 N–H and O–H groups in total. The third-order valence-corrected chi connectivity index (χ3v) is 4.36. The second kappa shape index (κ2) is 5.42. The van der Waals surface area contributed by atoms with Crippen molar-refractivity contribution in [3.05, 3.63) is 47.5 Å². The van der Waals surface area contributed by atoms with Crippen LogP contribution in [0.5, 0.6) is 23.0 Å². The molecule has 0 aliphatic carbocycles. The van der Waals surface area contributed by atoms with E-state index in [1.807, 2.05) is 7.05 Å². The SMILES string of the molecule is CN1CC(c2ccc(O)c(O)c2)C(c2c(O)cccc2O)C1. The smallest absolute Gasteiger partial charge is 0.157 e. The minimum atomic E-state index is -0.160. The Morgan fingerprint density at radius 1 is 0.818 bits per heavy atom. The fourth-order valence-corrected chi connectivity index (χ4v) is 3.32. The van der Waals surface area contributed by atoms with Gasteiger partial charge in [-0.05, 0) is 36.9 Å². The Morgan fingerprint density at radius 3 is 2.09 bits per heavy atom. The monoisotopic (exact) mass is 301 g/mol. The van der Waals surface area contributed by atoms with Crippen LogP contribution in [0.1, 0.15) is 23.0 Å². The summed E-state index contributed by atoms with van der Waals surface area (Å²) in [7, 11) is 1.98. The molecule has 0 spiro atoms. The lowest BCUT2D eigenvalue weighted by atomic mass is 9.83. The highest BCUT2D eigenvalue weighted by Crippen LogP contribution is 2.46. The molecule has 0 aromatic heterocycles. The molecule has 1 aliphatic rings. The van der Waals surface area contributed by atoms with Crippen LogP contribution in [-0.2, 0) is 0 Å². The zero-order chi connectivity index (χ0) is 15.9. The lowest BCUT2D eigenvalue weighted by Gasteiger charge is -2.21. The summed E-state index contributed by atoms with van der Waals surface area (Å²) in [4.78, 5) is 2.12. The third-order valence-electron chi connectivity index (χ3n) is 4.36. The molecular weight excluding hydrogens is 282 g/mol. The van der Waals surface area contributed by atoms with Crippen molar-refractivity contribution < 1.29 is 20.4 Å². The highest BCUT2D eigenvalue weighted by Gasteiger charge is 2.36. The Hall–Kier alpha value is -2.40. The van der Waals surface area contributed by atoms with Crippen molar-refractivity contribution in [1.29, 1.82) is 0 Å². The summed E-state index contributed by atoms with van der Waals surface area (Å²) in [6.45, 7) is 1.43. The maximum Gasteiger partial charge on any atom is 0.157 e. The van der Waals surface area contributed by atoms with Gasteiger partial charge in [0, 0.05) is 30.5 Å². The maximum absolute atomic E-state index is 10.1. The predicted octanol–water partition coefficient (Wildman–Crippen LogP) is 2.32. The fraction of sp³-hybridized carbons (Fsp3) is 0.294. The molecular formula is C17H19NO4. The first kappa shape index (κ1) is 14.5. The molecule has 5 nitrogen and oxygen atoms in total. The number of likely N-dealkylation sites (N-methyl/N-ethyl adjacent to an activating group) is 1. The molecule has 0 saturated carbocycles. The van der Waals surface area contributed by atoms with Crippen molar-refractivity contribution in [3.8, 4) is 23.0 Å². The minimum absolute atomic E-state index is 0.00991. The summed E-state index contributed by atoms with van der Waals surface area (Å²) in [5.74, 6) is -0.239. The summed E-state index contributed by atoms with van der Waals surface area (Å²) in [5.41, 5.74) is 1.40. The third kappa shape index (κ3) is 2.44. The average Bonchev–Trinajstić information content (AvgIpc) is 2.83. The van der Waals surface area contributed by atoms with Gasteiger partial charge in [0.1, 0.15) is 11.5 Å². The molecule has 116 valence electrons. The second-order valence-corrected chi connectivity index (χ2v) is 5.89. The number of rotatable bonds is 2. The first-order valence-corrected chi connectivity index (χ1v) is 7.18. The van der Waals surface area contributed by atoms with Gasteiger partial charge in [-0.1, -0.05) is 12.1 Å². The van der Waals surface area contributed by atoms with Crippen LogP contribution in [0, 0.1) is 0 Å². The van der Waals surface area contributed by atoms with Crippen LogP contribution in [-0.4, -0.2) is 45.5 Å². The Labute approximate surface area is 128 Å². The molecule has 0 amide bonds. The largest absolute Gasteiger partial charge is 0.508 e. The highest BCUT2D eigenvalue weighted by molar-refractivity contribution is 5.49.